The molecule has 2 unspecified atom stereocenters. The molecule has 1 aliphatic heterocycles. The molecular weight excluding hydrogens is 234 g/mol. The quantitative estimate of drug-likeness (QED) is 0.900. The van der Waals surface area contributed by atoms with E-state index in [9.17, 15) is 0 Å². The van der Waals surface area contributed by atoms with Gasteiger partial charge in [-0.2, -0.15) is 0 Å². The van der Waals surface area contributed by atoms with E-state index < -0.39 is 0 Å². The predicted octanol–water partition coefficient (Wildman–Crippen LogP) is 1.56. The molecule has 0 spiro atoms. The number of thiazole rings is 1. The van der Waals surface area contributed by atoms with E-state index in [0.29, 0.717) is 12.0 Å². The molecule has 0 aromatic carbocycles. The van der Waals surface area contributed by atoms with Crippen molar-refractivity contribution in [2.24, 2.45) is 5.92 Å². The number of ether oxygens (including phenoxy) is 1. The third kappa shape index (κ3) is 2.22. The van der Waals surface area contributed by atoms with Gasteiger partial charge in [0.2, 0.25) is 0 Å². The van der Waals surface area contributed by atoms with E-state index in [2.05, 4.69) is 32.5 Å². The van der Waals surface area contributed by atoms with Gasteiger partial charge in [-0.3, -0.25) is 4.40 Å². The summed E-state index contributed by atoms with van der Waals surface area (Å²) in [6, 6.07) is 0.559. The van der Waals surface area contributed by atoms with Crippen molar-refractivity contribution in [2.75, 3.05) is 20.3 Å². The number of fused-ring (bicyclic) bond motifs is 1. The third-order valence-electron chi connectivity index (χ3n) is 3.46. The van der Waals surface area contributed by atoms with Crippen LogP contribution in [0.1, 0.15) is 12.1 Å². The second-order valence-corrected chi connectivity index (χ2v) is 5.42. The lowest BCUT2D eigenvalue weighted by Crippen LogP contribution is -2.41. The minimum Gasteiger partial charge on any atom is -0.381 e. The topological polar surface area (TPSA) is 38.6 Å². The average molecular weight is 251 g/mol. The Labute approximate surface area is 105 Å². The van der Waals surface area contributed by atoms with Crippen LogP contribution in [0.4, 0.5) is 0 Å². The number of nitrogens with zero attached hydrogens (tertiary/aromatic N) is 2. The molecule has 0 amide bonds. The Morgan fingerprint density at radius 1 is 1.65 bits per heavy atom. The van der Waals surface area contributed by atoms with Gasteiger partial charge in [0, 0.05) is 36.3 Å². The van der Waals surface area contributed by atoms with Crippen LogP contribution in [0.25, 0.3) is 4.96 Å². The summed E-state index contributed by atoms with van der Waals surface area (Å²) in [5, 5.41) is 5.45. The fourth-order valence-electron chi connectivity index (χ4n) is 2.52. The number of aromatic nitrogens is 2. The molecule has 0 aliphatic carbocycles. The highest BCUT2D eigenvalue weighted by molar-refractivity contribution is 7.15. The molecule has 5 heteroatoms. The highest BCUT2D eigenvalue weighted by Crippen LogP contribution is 2.20. The van der Waals surface area contributed by atoms with Gasteiger partial charge in [0.25, 0.3) is 0 Å². The minimum atomic E-state index is 0.540. The van der Waals surface area contributed by atoms with Crippen LogP contribution in [0.15, 0.2) is 17.8 Å². The Hall–Kier alpha value is -0.910. The number of rotatable bonds is 3. The number of nitrogens with one attached hydrogen (secondary N) is 1. The molecule has 4 nitrogen and oxygen atoms in total. The van der Waals surface area contributed by atoms with Crippen LogP contribution in [-0.4, -0.2) is 35.7 Å². The Balaban J connectivity index is 1.74. The standard InChI is InChI=1S/C12H17N3OS/c1-13-11-2-4-16-8-9(11)6-10-7-15-3-5-17-12(15)14-10/h3,5,7,9,11,13H,2,4,6,8H2,1H3. The van der Waals surface area contributed by atoms with Crippen molar-refractivity contribution < 1.29 is 4.74 Å². The van der Waals surface area contributed by atoms with Crippen LogP contribution in [0.5, 0.6) is 0 Å². The highest BCUT2D eigenvalue weighted by atomic mass is 32.1. The lowest BCUT2D eigenvalue weighted by atomic mass is 9.92. The summed E-state index contributed by atoms with van der Waals surface area (Å²) in [4.78, 5) is 5.71. The van der Waals surface area contributed by atoms with Gasteiger partial charge in [0.15, 0.2) is 4.96 Å². The molecule has 1 N–H and O–H groups in total. The van der Waals surface area contributed by atoms with Crippen molar-refractivity contribution >= 4 is 16.3 Å². The maximum absolute atomic E-state index is 5.57. The third-order valence-corrected chi connectivity index (χ3v) is 4.23. The van der Waals surface area contributed by atoms with Crippen molar-refractivity contribution in [2.45, 2.75) is 18.9 Å². The van der Waals surface area contributed by atoms with E-state index in [1.807, 2.05) is 7.05 Å². The summed E-state index contributed by atoms with van der Waals surface area (Å²) < 4.78 is 7.67. The van der Waals surface area contributed by atoms with Gasteiger partial charge in [0.05, 0.1) is 12.3 Å². The minimum absolute atomic E-state index is 0.540. The number of imidazole rings is 1. The Morgan fingerprint density at radius 3 is 3.41 bits per heavy atom. The van der Waals surface area contributed by atoms with Crippen LogP contribution in [0.3, 0.4) is 0 Å². The van der Waals surface area contributed by atoms with Crippen LogP contribution in [-0.2, 0) is 11.2 Å². The van der Waals surface area contributed by atoms with Gasteiger partial charge in [-0.25, -0.2) is 4.98 Å². The number of hydrogen-bond acceptors (Lipinski definition) is 4. The monoisotopic (exact) mass is 251 g/mol. The largest absolute Gasteiger partial charge is 0.381 e. The van der Waals surface area contributed by atoms with Crippen molar-refractivity contribution in [3.63, 3.8) is 0 Å². The molecule has 3 heterocycles. The van der Waals surface area contributed by atoms with E-state index >= 15 is 0 Å². The predicted molar refractivity (Wildman–Crippen MR) is 68.5 cm³/mol. The van der Waals surface area contributed by atoms with Gasteiger partial charge < -0.3 is 10.1 Å². The van der Waals surface area contributed by atoms with E-state index in [0.717, 1.165) is 31.0 Å². The second kappa shape index (κ2) is 4.76. The zero-order valence-corrected chi connectivity index (χ0v) is 10.7. The van der Waals surface area contributed by atoms with Gasteiger partial charge in [-0.1, -0.05) is 0 Å². The van der Waals surface area contributed by atoms with Crippen LogP contribution < -0.4 is 5.32 Å². The average Bonchev–Trinajstić information content (AvgIpc) is 2.90. The summed E-state index contributed by atoms with van der Waals surface area (Å²) in [5.74, 6) is 0.540. The van der Waals surface area contributed by atoms with Crippen molar-refractivity contribution in [3.8, 4) is 0 Å². The molecule has 92 valence electrons. The summed E-state index contributed by atoms with van der Waals surface area (Å²) in [6.07, 6.45) is 6.29. The lowest BCUT2D eigenvalue weighted by Gasteiger charge is -2.30. The lowest BCUT2D eigenvalue weighted by molar-refractivity contribution is 0.0339. The zero-order valence-electron chi connectivity index (χ0n) is 9.93. The summed E-state index contributed by atoms with van der Waals surface area (Å²) in [5.41, 5.74) is 1.17. The Bertz CT molecular complexity index is 464. The SMILES string of the molecule is CNC1CCOCC1Cc1cn2ccsc2n1. The molecule has 3 rings (SSSR count). The fourth-order valence-corrected chi connectivity index (χ4v) is 3.24. The second-order valence-electron chi connectivity index (χ2n) is 4.55. The van der Waals surface area contributed by atoms with Crippen molar-refractivity contribution in [3.05, 3.63) is 23.5 Å². The Morgan fingerprint density at radius 2 is 2.59 bits per heavy atom. The van der Waals surface area contributed by atoms with Crippen LogP contribution in [0.2, 0.25) is 0 Å². The first-order valence-electron chi connectivity index (χ1n) is 6.03. The first-order valence-corrected chi connectivity index (χ1v) is 6.91. The molecule has 17 heavy (non-hydrogen) atoms. The van der Waals surface area contributed by atoms with E-state index in [-0.39, 0.29) is 0 Å². The van der Waals surface area contributed by atoms with Gasteiger partial charge in [0.1, 0.15) is 0 Å². The van der Waals surface area contributed by atoms with Gasteiger partial charge >= 0.3 is 0 Å². The molecular formula is C12H17N3OS. The van der Waals surface area contributed by atoms with Crippen LogP contribution in [0, 0.1) is 5.92 Å². The number of hydrogen-bond donors (Lipinski definition) is 1. The Kier molecular flexibility index (Phi) is 3.13. The zero-order chi connectivity index (χ0) is 11.7. The van der Waals surface area contributed by atoms with Crippen molar-refractivity contribution in [1.82, 2.24) is 14.7 Å². The van der Waals surface area contributed by atoms with Crippen LogP contribution >= 0.6 is 11.3 Å². The van der Waals surface area contributed by atoms with Crippen molar-refractivity contribution in [1.29, 1.82) is 0 Å². The molecule has 1 saturated heterocycles. The van der Waals surface area contributed by atoms with Gasteiger partial charge in [-0.15, -0.1) is 11.3 Å². The molecule has 0 bridgehead atoms. The molecule has 2 aromatic heterocycles. The smallest absolute Gasteiger partial charge is 0.193 e. The van der Waals surface area contributed by atoms with Gasteiger partial charge in [-0.05, 0) is 19.9 Å². The first kappa shape index (κ1) is 11.2. The molecule has 1 fully saturated rings. The molecule has 2 atom stereocenters. The summed E-state index contributed by atoms with van der Waals surface area (Å²) in [6.45, 7) is 1.72. The molecule has 2 aromatic rings. The molecule has 1 aliphatic rings. The maximum Gasteiger partial charge on any atom is 0.193 e. The highest BCUT2D eigenvalue weighted by Gasteiger charge is 2.25. The summed E-state index contributed by atoms with van der Waals surface area (Å²) in [7, 11) is 2.04. The normalized spacial score (nSPS) is 25.5. The maximum atomic E-state index is 5.57. The van der Waals surface area contributed by atoms with E-state index in [4.69, 9.17) is 4.74 Å². The van der Waals surface area contributed by atoms with E-state index in [1.54, 1.807) is 11.3 Å². The fraction of sp³-hybridized carbons (Fsp3) is 0.583. The van der Waals surface area contributed by atoms with E-state index in [1.165, 1.54) is 5.69 Å². The molecule has 0 radical (unpaired) electrons. The summed E-state index contributed by atoms with van der Waals surface area (Å²) >= 11 is 1.68. The first-order chi connectivity index (χ1) is 8.36. The molecule has 0 saturated carbocycles.